The number of likely N-dealkylation sites (N-methyl/N-ethyl adjacent to an activating group) is 1. The van der Waals surface area contributed by atoms with Gasteiger partial charge in [0.25, 0.3) is 0 Å². The first-order chi connectivity index (χ1) is 4.74. The molecule has 0 saturated carbocycles. The molecule has 0 atom stereocenters. The first kappa shape index (κ1) is 7.39. The van der Waals surface area contributed by atoms with E-state index in [2.05, 4.69) is 25.2 Å². The molecule has 0 aromatic heterocycles. The van der Waals surface area contributed by atoms with E-state index in [1.165, 1.54) is 29.7 Å². The maximum atomic E-state index is 3.19. The van der Waals surface area contributed by atoms with Crippen molar-refractivity contribution in [2.45, 2.75) is 26.7 Å². The number of rotatable bonds is 1. The van der Waals surface area contributed by atoms with Crippen LogP contribution in [0.1, 0.15) is 26.7 Å². The zero-order valence-electron chi connectivity index (χ0n) is 6.99. The van der Waals surface area contributed by atoms with Crippen molar-refractivity contribution in [3.05, 3.63) is 22.9 Å². The van der Waals surface area contributed by atoms with Crippen molar-refractivity contribution >= 4 is 0 Å². The van der Waals surface area contributed by atoms with Gasteiger partial charge in [0, 0.05) is 12.7 Å². The third-order valence-corrected chi connectivity index (χ3v) is 2.01. The van der Waals surface area contributed by atoms with Crippen LogP contribution in [0, 0.1) is 0 Å². The van der Waals surface area contributed by atoms with Crippen LogP contribution in [-0.4, -0.2) is 7.05 Å². The molecule has 0 aromatic carbocycles. The molecule has 0 amide bonds. The molecule has 0 aromatic rings. The lowest BCUT2D eigenvalue weighted by Gasteiger charge is -2.14. The Bertz CT molecular complexity index is 187. The minimum Gasteiger partial charge on any atom is -0.388 e. The maximum Gasteiger partial charge on any atom is 0.0326 e. The monoisotopic (exact) mass is 137 g/mol. The van der Waals surface area contributed by atoms with Crippen LogP contribution in [0.15, 0.2) is 22.9 Å². The molecule has 0 saturated heterocycles. The van der Waals surface area contributed by atoms with Crippen LogP contribution < -0.4 is 5.32 Å². The summed E-state index contributed by atoms with van der Waals surface area (Å²) in [6, 6.07) is 0. The summed E-state index contributed by atoms with van der Waals surface area (Å²) in [6.45, 7) is 4.37. The molecule has 0 fully saturated rings. The fourth-order valence-corrected chi connectivity index (χ4v) is 1.25. The van der Waals surface area contributed by atoms with Gasteiger partial charge in [0.2, 0.25) is 0 Å². The molecule has 0 heterocycles. The number of hydrogen-bond acceptors (Lipinski definition) is 1. The van der Waals surface area contributed by atoms with Gasteiger partial charge in [-0.1, -0.05) is 5.57 Å². The lowest BCUT2D eigenvalue weighted by atomic mass is 9.98. The summed E-state index contributed by atoms with van der Waals surface area (Å²) in [6.07, 6.45) is 4.69. The van der Waals surface area contributed by atoms with Gasteiger partial charge < -0.3 is 5.32 Å². The predicted molar refractivity (Wildman–Crippen MR) is 44.8 cm³/mol. The third-order valence-electron chi connectivity index (χ3n) is 2.01. The summed E-state index contributed by atoms with van der Waals surface area (Å²) < 4.78 is 0. The molecule has 1 aliphatic rings. The van der Waals surface area contributed by atoms with Crippen LogP contribution in [0.5, 0.6) is 0 Å². The van der Waals surface area contributed by atoms with E-state index in [-0.39, 0.29) is 0 Å². The Balaban J connectivity index is 2.82. The highest BCUT2D eigenvalue weighted by Gasteiger charge is 2.04. The Morgan fingerprint density at radius 3 is 2.50 bits per heavy atom. The highest BCUT2D eigenvalue weighted by atomic mass is 14.8. The van der Waals surface area contributed by atoms with Crippen molar-refractivity contribution in [2.24, 2.45) is 0 Å². The molecule has 0 unspecified atom stereocenters. The van der Waals surface area contributed by atoms with Crippen molar-refractivity contribution in [1.82, 2.24) is 5.32 Å². The quantitative estimate of drug-likeness (QED) is 0.584. The molecular formula is C9H15N. The van der Waals surface area contributed by atoms with E-state index in [9.17, 15) is 0 Å². The summed E-state index contributed by atoms with van der Waals surface area (Å²) >= 11 is 0. The van der Waals surface area contributed by atoms with Gasteiger partial charge in [-0.2, -0.15) is 0 Å². The second-order valence-corrected chi connectivity index (χ2v) is 2.93. The molecule has 0 aliphatic heterocycles. The van der Waals surface area contributed by atoms with Gasteiger partial charge in [-0.25, -0.2) is 0 Å². The van der Waals surface area contributed by atoms with E-state index in [0.717, 1.165) is 0 Å². The van der Waals surface area contributed by atoms with Crippen molar-refractivity contribution < 1.29 is 0 Å². The minimum absolute atomic E-state index is 1.22. The predicted octanol–water partition coefficient (Wildman–Crippen LogP) is 2.22. The van der Waals surface area contributed by atoms with Crippen molar-refractivity contribution in [3.63, 3.8) is 0 Å². The number of nitrogens with one attached hydrogen (secondary N) is 1. The molecule has 0 bridgehead atoms. The minimum atomic E-state index is 1.22. The lowest BCUT2D eigenvalue weighted by molar-refractivity contribution is 0.845. The highest BCUT2D eigenvalue weighted by Crippen LogP contribution is 2.20. The van der Waals surface area contributed by atoms with Gasteiger partial charge in [0.1, 0.15) is 0 Å². The Morgan fingerprint density at radius 1 is 1.30 bits per heavy atom. The molecule has 1 rings (SSSR count). The summed E-state index contributed by atoms with van der Waals surface area (Å²) in [7, 11) is 1.98. The van der Waals surface area contributed by atoms with Crippen LogP contribution in [-0.2, 0) is 0 Å². The van der Waals surface area contributed by atoms with E-state index >= 15 is 0 Å². The normalized spacial score (nSPS) is 18.9. The standard InChI is InChI=1S/C9H15N/c1-7-4-5-8(2)9(6-7)10-3/h6,10H,4-5H2,1-3H3. The van der Waals surface area contributed by atoms with Crippen LogP contribution in [0.25, 0.3) is 0 Å². The Kier molecular flexibility index (Phi) is 2.15. The van der Waals surface area contributed by atoms with E-state index < -0.39 is 0 Å². The molecule has 56 valence electrons. The fourth-order valence-electron chi connectivity index (χ4n) is 1.25. The highest BCUT2D eigenvalue weighted by molar-refractivity contribution is 5.30. The molecule has 1 heteroatoms. The summed E-state index contributed by atoms with van der Waals surface area (Å²) in [5.74, 6) is 0. The van der Waals surface area contributed by atoms with Gasteiger partial charge in [0.15, 0.2) is 0 Å². The van der Waals surface area contributed by atoms with E-state index in [4.69, 9.17) is 0 Å². The van der Waals surface area contributed by atoms with Gasteiger partial charge in [-0.05, 0) is 38.3 Å². The fraction of sp³-hybridized carbons (Fsp3) is 0.556. The van der Waals surface area contributed by atoms with Gasteiger partial charge in [-0.15, -0.1) is 0 Å². The lowest BCUT2D eigenvalue weighted by Crippen LogP contribution is -2.09. The van der Waals surface area contributed by atoms with E-state index in [0.29, 0.717) is 0 Å². The largest absolute Gasteiger partial charge is 0.388 e. The topological polar surface area (TPSA) is 12.0 Å². The zero-order chi connectivity index (χ0) is 7.56. The van der Waals surface area contributed by atoms with E-state index in [1.807, 2.05) is 7.05 Å². The second kappa shape index (κ2) is 2.91. The van der Waals surface area contributed by atoms with Gasteiger partial charge >= 0.3 is 0 Å². The molecule has 1 aliphatic carbocycles. The Morgan fingerprint density at radius 2 is 2.00 bits per heavy atom. The number of allylic oxidation sites excluding steroid dienone is 3. The molecule has 1 nitrogen and oxygen atoms in total. The molecule has 1 N–H and O–H groups in total. The molecule has 10 heavy (non-hydrogen) atoms. The van der Waals surface area contributed by atoms with Crippen LogP contribution in [0.4, 0.5) is 0 Å². The summed E-state index contributed by atoms with van der Waals surface area (Å²) in [5.41, 5.74) is 4.27. The SMILES string of the molecule is CNC1=C(C)CCC(C)=C1. The van der Waals surface area contributed by atoms with Crippen molar-refractivity contribution in [3.8, 4) is 0 Å². The van der Waals surface area contributed by atoms with Crippen molar-refractivity contribution in [2.75, 3.05) is 7.05 Å². The molecule has 0 spiro atoms. The smallest absolute Gasteiger partial charge is 0.0326 e. The zero-order valence-corrected chi connectivity index (χ0v) is 6.99. The van der Waals surface area contributed by atoms with Gasteiger partial charge in [0.05, 0.1) is 0 Å². The molecular weight excluding hydrogens is 122 g/mol. The third kappa shape index (κ3) is 1.41. The van der Waals surface area contributed by atoms with E-state index in [1.54, 1.807) is 0 Å². The summed E-state index contributed by atoms with van der Waals surface area (Å²) in [5, 5.41) is 3.19. The maximum absolute atomic E-state index is 3.19. The van der Waals surface area contributed by atoms with Crippen molar-refractivity contribution in [1.29, 1.82) is 0 Å². The van der Waals surface area contributed by atoms with Gasteiger partial charge in [-0.3, -0.25) is 0 Å². The average Bonchev–Trinajstić information content (AvgIpc) is 1.94. The van der Waals surface area contributed by atoms with Crippen LogP contribution in [0.3, 0.4) is 0 Å². The second-order valence-electron chi connectivity index (χ2n) is 2.93. The summed E-state index contributed by atoms with van der Waals surface area (Å²) in [4.78, 5) is 0. The Hall–Kier alpha value is -0.720. The van der Waals surface area contributed by atoms with Crippen LogP contribution >= 0.6 is 0 Å². The van der Waals surface area contributed by atoms with Crippen LogP contribution in [0.2, 0.25) is 0 Å². The first-order valence-corrected chi connectivity index (χ1v) is 3.78. The average molecular weight is 137 g/mol. The Labute approximate surface area is 62.8 Å². The number of hydrogen-bond donors (Lipinski definition) is 1. The molecule has 0 radical (unpaired) electrons. The first-order valence-electron chi connectivity index (χ1n) is 3.78.